The van der Waals surface area contributed by atoms with Gasteiger partial charge in [-0.2, -0.15) is 0 Å². The highest BCUT2D eigenvalue weighted by Crippen LogP contribution is 2.22. The van der Waals surface area contributed by atoms with Crippen LogP contribution in [0.5, 0.6) is 0 Å². The molecule has 1 N–H and O–H groups in total. The molecule has 2 aromatic rings. The molecule has 26 heavy (non-hydrogen) atoms. The number of fused-ring (bicyclic) bond motifs is 1. The molecule has 134 valence electrons. The number of rotatable bonds is 7. The van der Waals surface area contributed by atoms with Gasteiger partial charge in [0.1, 0.15) is 5.82 Å². The van der Waals surface area contributed by atoms with Crippen LogP contribution in [0.2, 0.25) is 0 Å². The molecule has 0 saturated heterocycles. The van der Waals surface area contributed by atoms with Gasteiger partial charge in [0.15, 0.2) is 0 Å². The predicted molar refractivity (Wildman–Crippen MR) is 97.9 cm³/mol. The van der Waals surface area contributed by atoms with Gasteiger partial charge in [0.05, 0.1) is 11.1 Å². The van der Waals surface area contributed by atoms with E-state index in [0.29, 0.717) is 42.8 Å². The van der Waals surface area contributed by atoms with Crippen molar-refractivity contribution in [3.05, 3.63) is 59.3 Å². The van der Waals surface area contributed by atoms with E-state index in [1.54, 1.807) is 30.5 Å². The molecule has 0 spiro atoms. The van der Waals surface area contributed by atoms with E-state index >= 15 is 0 Å². The summed E-state index contributed by atoms with van der Waals surface area (Å²) in [6.45, 7) is 2.32. The number of aryl methyl sites for hydroxylation is 1. The first-order valence-electron chi connectivity index (χ1n) is 8.74. The predicted octanol–water partition coefficient (Wildman–Crippen LogP) is 3.19. The van der Waals surface area contributed by atoms with Gasteiger partial charge in [-0.05, 0) is 49.6 Å². The molecule has 0 bridgehead atoms. The Balaban J connectivity index is 1.39. The first-order chi connectivity index (χ1) is 12.6. The minimum Gasteiger partial charge on any atom is -0.311 e. The maximum Gasteiger partial charge on any atom is 0.261 e. The summed E-state index contributed by atoms with van der Waals surface area (Å²) in [4.78, 5) is 41.8. The number of hydrogen-bond acceptors (Lipinski definition) is 4. The number of nitrogens with one attached hydrogen (secondary N) is 1. The first kappa shape index (κ1) is 17.8. The molecule has 0 atom stereocenters. The minimum absolute atomic E-state index is 0.0798. The lowest BCUT2D eigenvalue weighted by molar-refractivity contribution is -0.116. The average Bonchev–Trinajstić information content (AvgIpc) is 2.86. The lowest BCUT2D eigenvalue weighted by atomic mass is 10.1. The van der Waals surface area contributed by atoms with Crippen LogP contribution in [-0.2, 0) is 4.79 Å². The Bertz CT molecular complexity index is 813. The van der Waals surface area contributed by atoms with E-state index in [1.165, 1.54) is 4.90 Å². The van der Waals surface area contributed by atoms with Gasteiger partial charge >= 0.3 is 0 Å². The second kappa shape index (κ2) is 7.91. The van der Waals surface area contributed by atoms with Gasteiger partial charge in [-0.25, -0.2) is 4.98 Å². The van der Waals surface area contributed by atoms with Crippen LogP contribution in [0, 0.1) is 6.92 Å². The second-order valence-corrected chi connectivity index (χ2v) is 6.38. The highest BCUT2D eigenvalue weighted by atomic mass is 16.2. The van der Waals surface area contributed by atoms with E-state index in [0.717, 1.165) is 12.0 Å². The number of imide groups is 1. The summed E-state index contributed by atoms with van der Waals surface area (Å²) in [6.07, 6.45) is 4.19. The van der Waals surface area contributed by atoms with Crippen molar-refractivity contribution in [2.24, 2.45) is 0 Å². The molecule has 1 aliphatic heterocycles. The molecule has 3 rings (SSSR count). The average molecular weight is 351 g/mol. The minimum atomic E-state index is -0.228. The summed E-state index contributed by atoms with van der Waals surface area (Å²) in [6, 6.07) is 10.6. The SMILES string of the molecule is Cc1ccnc(NC(=O)CCCCCN2C(=O)c3ccccc3C2=O)c1. The van der Waals surface area contributed by atoms with Crippen molar-refractivity contribution >= 4 is 23.5 Å². The molecule has 0 fully saturated rings. The number of aromatic nitrogens is 1. The summed E-state index contributed by atoms with van der Waals surface area (Å²) >= 11 is 0. The molecule has 0 saturated carbocycles. The van der Waals surface area contributed by atoms with Crippen LogP contribution in [0.3, 0.4) is 0 Å². The van der Waals surface area contributed by atoms with Crippen molar-refractivity contribution in [2.45, 2.75) is 32.6 Å². The maximum absolute atomic E-state index is 12.2. The third kappa shape index (κ3) is 3.96. The molecule has 0 unspecified atom stereocenters. The number of amides is 3. The first-order valence-corrected chi connectivity index (χ1v) is 8.74. The monoisotopic (exact) mass is 351 g/mol. The molecule has 6 nitrogen and oxygen atoms in total. The van der Waals surface area contributed by atoms with Crippen molar-refractivity contribution in [1.82, 2.24) is 9.88 Å². The normalized spacial score (nSPS) is 13.0. The molecule has 0 aliphatic carbocycles. The number of anilines is 1. The highest BCUT2D eigenvalue weighted by molar-refractivity contribution is 6.21. The molecule has 2 heterocycles. The number of unbranched alkanes of at least 4 members (excludes halogenated alkanes) is 2. The Morgan fingerprint density at radius 1 is 1.04 bits per heavy atom. The topological polar surface area (TPSA) is 79.4 Å². The smallest absolute Gasteiger partial charge is 0.261 e. The van der Waals surface area contributed by atoms with Crippen molar-refractivity contribution in [2.75, 3.05) is 11.9 Å². The van der Waals surface area contributed by atoms with Crippen LogP contribution < -0.4 is 5.32 Å². The number of nitrogens with zero attached hydrogens (tertiary/aromatic N) is 2. The van der Waals surface area contributed by atoms with Crippen molar-refractivity contribution in [1.29, 1.82) is 0 Å². The van der Waals surface area contributed by atoms with E-state index in [1.807, 2.05) is 19.1 Å². The van der Waals surface area contributed by atoms with Crippen LogP contribution in [0.25, 0.3) is 0 Å². The van der Waals surface area contributed by atoms with E-state index < -0.39 is 0 Å². The summed E-state index contributed by atoms with van der Waals surface area (Å²) in [5, 5.41) is 2.77. The highest BCUT2D eigenvalue weighted by Gasteiger charge is 2.34. The van der Waals surface area contributed by atoms with Gasteiger partial charge in [-0.1, -0.05) is 18.6 Å². The van der Waals surface area contributed by atoms with Crippen LogP contribution in [0.4, 0.5) is 5.82 Å². The standard InChI is InChI=1S/C20H21N3O3/c1-14-10-11-21-17(13-14)22-18(24)9-3-2-6-12-23-19(25)15-7-4-5-8-16(15)20(23)26/h4-5,7-8,10-11,13H,2-3,6,9,12H2,1H3,(H,21,22,24). The van der Waals surface area contributed by atoms with Crippen LogP contribution >= 0.6 is 0 Å². The van der Waals surface area contributed by atoms with Gasteiger partial charge in [0.2, 0.25) is 5.91 Å². The van der Waals surface area contributed by atoms with E-state index in [-0.39, 0.29) is 17.7 Å². The molecule has 1 aliphatic rings. The molecule has 1 aromatic carbocycles. The lowest BCUT2D eigenvalue weighted by Crippen LogP contribution is -2.30. The van der Waals surface area contributed by atoms with Crippen molar-refractivity contribution in [3.63, 3.8) is 0 Å². The fraction of sp³-hybridized carbons (Fsp3) is 0.300. The number of carbonyl (C=O) groups excluding carboxylic acids is 3. The van der Waals surface area contributed by atoms with E-state index in [2.05, 4.69) is 10.3 Å². The number of hydrogen-bond donors (Lipinski definition) is 1. The van der Waals surface area contributed by atoms with Gasteiger partial charge < -0.3 is 5.32 Å². The second-order valence-electron chi connectivity index (χ2n) is 6.38. The lowest BCUT2D eigenvalue weighted by Gasteiger charge is -2.13. The molecular formula is C20H21N3O3. The Labute approximate surface area is 152 Å². The zero-order valence-electron chi connectivity index (χ0n) is 14.7. The molecule has 6 heteroatoms. The fourth-order valence-corrected chi connectivity index (χ4v) is 2.98. The maximum atomic E-state index is 12.2. The summed E-state index contributed by atoms with van der Waals surface area (Å²) in [7, 11) is 0. The van der Waals surface area contributed by atoms with Gasteiger partial charge in [0.25, 0.3) is 11.8 Å². The fourth-order valence-electron chi connectivity index (χ4n) is 2.98. The Hall–Kier alpha value is -3.02. The van der Waals surface area contributed by atoms with Crippen LogP contribution in [0.15, 0.2) is 42.6 Å². The summed E-state index contributed by atoms with van der Waals surface area (Å²) < 4.78 is 0. The zero-order valence-corrected chi connectivity index (χ0v) is 14.7. The quantitative estimate of drug-likeness (QED) is 0.614. The summed E-state index contributed by atoms with van der Waals surface area (Å²) in [5.41, 5.74) is 1.99. The van der Waals surface area contributed by atoms with Crippen LogP contribution in [-0.4, -0.2) is 34.2 Å². The van der Waals surface area contributed by atoms with E-state index in [4.69, 9.17) is 0 Å². The summed E-state index contributed by atoms with van der Waals surface area (Å²) in [5.74, 6) is 0.0209. The number of pyridine rings is 1. The molecule has 3 amide bonds. The third-order valence-corrected chi connectivity index (χ3v) is 4.35. The zero-order chi connectivity index (χ0) is 18.5. The number of carbonyl (C=O) groups is 3. The van der Waals surface area contributed by atoms with Gasteiger partial charge in [-0.3, -0.25) is 19.3 Å². The van der Waals surface area contributed by atoms with Crippen LogP contribution in [0.1, 0.15) is 52.0 Å². The Morgan fingerprint density at radius 2 is 1.73 bits per heavy atom. The van der Waals surface area contributed by atoms with Gasteiger partial charge in [-0.15, -0.1) is 0 Å². The van der Waals surface area contributed by atoms with Crippen molar-refractivity contribution < 1.29 is 14.4 Å². The van der Waals surface area contributed by atoms with E-state index in [9.17, 15) is 14.4 Å². The molecule has 1 aromatic heterocycles. The molecular weight excluding hydrogens is 330 g/mol. The van der Waals surface area contributed by atoms with Crippen molar-refractivity contribution in [3.8, 4) is 0 Å². The Morgan fingerprint density at radius 3 is 2.38 bits per heavy atom. The third-order valence-electron chi connectivity index (χ3n) is 4.35. The Kier molecular flexibility index (Phi) is 5.41. The largest absolute Gasteiger partial charge is 0.311 e. The number of benzene rings is 1. The molecule has 0 radical (unpaired) electrons. The van der Waals surface area contributed by atoms with Gasteiger partial charge in [0, 0.05) is 19.2 Å².